The van der Waals surface area contributed by atoms with Crippen LogP contribution in [0.1, 0.15) is 5.56 Å². The fraction of sp³-hybridized carbons (Fsp3) is 0.538. The average molecular weight is 300 g/mol. The molecule has 0 radical (unpaired) electrons. The van der Waals surface area contributed by atoms with Crippen molar-refractivity contribution in [3.63, 3.8) is 0 Å². The molecule has 2 rings (SSSR count). The van der Waals surface area contributed by atoms with Crippen molar-refractivity contribution in [2.75, 3.05) is 33.4 Å². The van der Waals surface area contributed by atoms with E-state index in [2.05, 4.69) is 10.0 Å². The highest BCUT2D eigenvalue weighted by atomic mass is 32.2. The number of morpholine rings is 1. The SMILES string of the molecule is COc1ccc(C)cc1S(=O)(=O)NCC1CNCCO1. The third-order valence-electron chi connectivity index (χ3n) is 3.11. The van der Waals surface area contributed by atoms with Gasteiger partial charge in [-0.3, -0.25) is 0 Å². The number of hydrogen-bond donors (Lipinski definition) is 2. The molecule has 1 fully saturated rings. The molecule has 1 heterocycles. The molecular weight excluding hydrogens is 280 g/mol. The first-order valence-electron chi connectivity index (χ1n) is 6.49. The third kappa shape index (κ3) is 3.69. The molecule has 1 atom stereocenters. The number of rotatable bonds is 5. The molecule has 1 unspecified atom stereocenters. The lowest BCUT2D eigenvalue weighted by molar-refractivity contribution is 0.0324. The highest BCUT2D eigenvalue weighted by Gasteiger charge is 2.22. The normalized spacial score (nSPS) is 19.8. The zero-order valence-corrected chi connectivity index (χ0v) is 12.5. The van der Waals surface area contributed by atoms with Crippen LogP contribution in [0.3, 0.4) is 0 Å². The Kier molecular flexibility index (Phi) is 4.98. The Balaban J connectivity index is 2.11. The molecule has 1 aliphatic heterocycles. The standard InChI is InChI=1S/C13H20N2O4S/c1-10-3-4-12(18-2)13(7-10)20(16,17)15-9-11-8-14-5-6-19-11/h3-4,7,11,14-15H,5-6,8-9H2,1-2H3. The van der Waals surface area contributed by atoms with Crippen molar-refractivity contribution in [2.24, 2.45) is 0 Å². The summed E-state index contributed by atoms with van der Waals surface area (Å²) in [7, 11) is -2.15. The van der Waals surface area contributed by atoms with Crippen molar-refractivity contribution in [2.45, 2.75) is 17.9 Å². The van der Waals surface area contributed by atoms with Gasteiger partial charge in [0.2, 0.25) is 10.0 Å². The number of sulfonamides is 1. The van der Waals surface area contributed by atoms with E-state index in [0.29, 0.717) is 18.9 Å². The van der Waals surface area contributed by atoms with E-state index in [4.69, 9.17) is 9.47 Å². The molecule has 0 spiro atoms. The van der Waals surface area contributed by atoms with Crippen LogP contribution in [0.4, 0.5) is 0 Å². The summed E-state index contributed by atoms with van der Waals surface area (Å²) in [6.07, 6.45) is -0.144. The van der Waals surface area contributed by atoms with Crippen LogP contribution >= 0.6 is 0 Å². The smallest absolute Gasteiger partial charge is 0.244 e. The van der Waals surface area contributed by atoms with Gasteiger partial charge >= 0.3 is 0 Å². The highest BCUT2D eigenvalue weighted by molar-refractivity contribution is 7.89. The first-order valence-corrected chi connectivity index (χ1v) is 7.98. The second kappa shape index (κ2) is 6.53. The first kappa shape index (κ1) is 15.2. The Hall–Kier alpha value is -1.15. The average Bonchev–Trinajstić information content (AvgIpc) is 2.46. The number of aryl methyl sites for hydroxylation is 1. The number of nitrogens with one attached hydrogen (secondary N) is 2. The maximum absolute atomic E-state index is 12.3. The molecule has 0 saturated carbocycles. The molecule has 112 valence electrons. The quantitative estimate of drug-likeness (QED) is 0.816. The van der Waals surface area contributed by atoms with Gasteiger partial charge in [-0.15, -0.1) is 0 Å². The molecule has 2 N–H and O–H groups in total. The monoisotopic (exact) mass is 300 g/mol. The van der Waals surface area contributed by atoms with Crippen LogP contribution in [0.5, 0.6) is 5.75 Å². The molecule has 20 heavy (non-hydrogen) atoms. The van der Waals surface area contributed by atoms with Gasteiger partial charge in [0.1, 0.15) is 10.6 Å². The van der Waals surface area contributed by atoms with Crippen molar-refractivity contribution in [3.8, 4) is 5.75 Å². The van der Waals surface area contributed by atoms with Crippen molar-refractivity contribution in [1.29, 1.82) is 0 Å². The Morgan fingerprint density at radius 2 is 2.30 bits per heavy atom. The van der Waals surface area contributed by atoms with Gasteiger partial charge in [0, 0.05) is 19.6 Å². The summed E-state index contributed by atoms with van der Waals surface area (Å²) in [5.41, 5.74) is 0.863. The van der Waals surface area contributed by atoms with Gasteiger partial charge in [-0.25, -0.2) is 13.1 Å². The van der Waals surface area contributed by atoms with Crippen LogP contribution in [0.25, 0.3) is 0 Å². The van der Waals surface area contributed by atoms with Gasteiger partial charge in [-0.1, -0.05) is 6.07 Å². The lowest BCUT2D eigenvalue weighted by atomic mass is 10.2. The minimum atomic E-state index is -3.61. The number of methoxy groups -OCH3 is 1. The second-order valence-corrected chi connectivity index (χ2v) is 6.44. The summed E-state index contributed by atoms with van der Waals surface area (Å²) in [6.45, 7) is 4.13. The van der Waals surface area contributed by atoms with E-state index in [-0.39, 0.29) is 17.5 Å². The van der Waals surface area contributed by atoms with Gasteiger partial charge in [0.15, 0.2) is 0 Å². The molecule has 1 aliphatic rings. The van der Waals surface area contributed by atoms with Gasteiger partial charge in [0.25, 0.3) is 0 Å². The van der Waals surface area contributed by atoms with Crippen LogP contribution in [0.15, 0.2) is 23.1 Å². The number of benzene rings is 1. The van der Waals surface area contributed by atoms with Crippen molar-refractivity contribution in [1.82, 2.24) is 10.0 Å². The molecular formula is C13H20N2O4S. The lowest BCUT2D eigenvalue weighted by Crippen LogP contribution is -2.45. The van der Waals surface area contributed by atoms with Gasteiger partial charge in [-0.2, -0.15) is 0 Å². The summed E-state index contributed by atoms with van der Waals surface area (Å²) in [4.78, 5) is 0.156. The molecule has 1 aromatic carbocycles. The van der Waals surface area contributed by atoms with Crippen molar-refractivity contribution >= 4 is 10.0 Å². The molecule has 0 aliphatic carbocycles. The topological polar surface area (TPSA) is 76.7 Å². The van der Waals surface area contributed by atoms with Gasteiger partial charge in [-0.05, 0) is 24.6 Å². The fourth-order valence-electron chi connectivity index (χ4n) is 2.03. The maximum atomic E-state index is 12.3. The molecule has 0 amide bonds. The summed E-state index contributed by atoms with van der Waals surface area (Å²) in [6, 6.07) is 5.07. The van der Waals surface area contributed by atoms with E-state index in [1.807, 2.05) is 13.0 Å². The predicted octanol–water partition coefficient (Wildman–Crippen LogP) is 0.270. The summed E-state index contributed by atoms with van der Waals surface area (Å²) in [5.74, 6) is 0.339. The van der Waals surface area contributed by atoms with E-state index < -0.39 is 10.0 Å². The van der Waals surface area contributed by atoms with Crippen LogP contribution in [0, 0.1) is 6.92 Å². The number of hydrogen-bond acceptors (Lipinski definition) is 5. The van der Waals surface area contributed by atoms with E-state index in [0.717, 1.165) is 12.1 Å². The summed E-state index contributed by atoms with van der Waals surface area (Å²) >= 11 is 0. The Morgan fingerprint density at radius 1 is 1.50 bits per heavy atom. The third-order valence-corrected chi connectivity index (χ3v) is 4.56. The molecule has 1 saturated heterocycles. The Morgan fingerprint density at radius 3 is 2.95 bits per heavy atom. The molecule has 6 nitrogen and oxygen atoms in total. The molecule has 7 heteroatoms. The van der Waals surface area contributed by atoms with Crippen LogP contribution < -0.4 is 14.8 Å². The van der Waals surface area contributed by atoms with Crippen molar-refractivity contribution in [3.05, 3.63) is 23.8 Å². The minimum Gasteiger partial charge on any atom is -0.495 e. The maximum Gasteiger partial charge on any atom is 0.244 e. The predicted molar refractivity (Wildman–Crippen MR) is 75.5 cm³/mol. The van der Waals surface area contributed by atoms with E-state index in [1.54, 1.807) is 12.1 Å². The van der Waals surface area contributed by atoms with Crippen molar-refractivity contribution < 1.29 is 17.9 Å². The Bertz CT molecular complexity index is 553. The number of ether oxygens (including phenoxy) is 2. The fourth-order valence-corrected chi connectivity index (χ4v) is 3.34. The van der Waals surface area contributed by atoms with E-state index in [9.17, 15) is 8.42 Å². The van der Waals surface area contributed by atoms with Crippen LogP contribution in [0.2, 0.25) is 0 Å². The Labute approximate surface area is 119 Å². The molecule has 1 aromatic rings. The largest absolute Gasteiger partial charge is 0.495 e. The zero-order chi connectivity index (χ0) is 14.6. The highest BCUT2D eigenvalue weighted by Crippen LogP contribution is 2.24. The minimum absolute atomic E-state index is 0.144. The van der Waals surface area contributed by atoms with Crippen LogP contribution in [-0.4, -0.2) is 47.9 Å². The van der Waals surface area contributed by atoms with Gasteiger partial charge in [0.05, 0.1) is 19.8 Å². The van der Waals surface area contributed by atoms with Crippen LogP contribution in [-0.2, 0) is 14.8 Å². The zero-order valence-electron chi connectivity index (χ0n) is 11.7. The van der Waals surface area contributed by atoms with E-state index >= 15 is 0 Å². The molecule has 0 aromatic heterocycles. The van der Waals surface area contributed by atoms with E-state index in [1.165, 1.54) is 7.11 Å². The summed E-state index contributed by atoms with van der Waals surface area (Å²) < 4.78 is 37.8. The first-order chi connectivity index (χ1) is 9.53. The summed E-state index contributed by atoms with van der Waals surface area (Å²) in [5, 5.41) is 3.16. The second-order valence-electron chi connectivity index (χ2n) is 4.70. The van der Waals surface area contributed by atoms with Gasteiger partial charge < -0.3 is 14.8 Å². The molecule has 0 bridgehead atoms. The lowest BCUT2D eigenvalue weighted by Gasteiger charge is -2.23.